The highest BCUT2D eigenvalue weighted by Crippen LogP contribution is 2.03. The molecule has 0 aromatic rings. The number of rotatable bonds is 1. The summed E-state index contributed by atoms with van der Waals surface area (Å²) in [4.78, 5) is 15.6. The van der Waals surface area contributed by atoms with Gasteiger partial charge in [0.15, 0.2) is 12.0 Å². The van der Waals surface area contributed by atoms with E-state index < -0.39 is 12.0 Å². The molecule has 0 bridgehead atoms. The van der Waals surface area contributed by atoms with Crippen molar-refractivity contribution in [2.75, 3.05) is 13.6 Å². The number of carboxylic acids is 1. The van der Waals surface area contributed by atoms with Crippen molar-refractivity contribution in [2.45, 2.75) is 6.04 Å². The molecule has 0 fully saturated rings. The second-order valence-electron chi connectivity index (χ2n) is 2.22. The Morgan fingerprint density at radius 2 is 2.60 bits per heavy atom. The van der Waals surface area contributed by atoms with Crippen LogP contribution >= 0.6 is 0 Å². The highest BCUT2D eigenvalue weighted by atomic mass is 16.4. The summed E-state index contributed by atoms with van der Waals surface area (Å²) in [5, 5.41) is 8.46. The summed E-state index contributed by atoms with van der Waals surface area (Å²) in [6.45, 7) is 0.376. The second-order valence-corrected chi connectivity index (χ2v) is 2.22. The van der Waals surface area contributed by atoms with Crippen LogP contribution in [0.2, 0.25) is 0 Å². The van der Waals surface area contributed by atoms with Gasteiger partial charge in [-0.2, -0.15) is 0 Å². The normalized spacial score (nSPS) is 24.7. The molecule has 0 saturated heterocycles. The number of nitrogens with two attached hydrogens (primary N) is 1. The molecule has 5 heteroatoms. The SMILES string of the molecule is CN1C[C@@H](C(=O)O)N=C1N. The molecule has 0 aliphatic carbocycles. The number of likely N-dealkylation sites (N-methyl/N-ethyl adjacent to an activating group) is 1. The van der Waals surface area contributed by atoms with E-state index in [0.29, 0.717) is 12.5 Å². The van der Waals surface area contributed by atoms with E-state index in [9.17, 15) is 4.79 Å². The van der Waals surface area contributed by atoms with Crippen LogP contribution in [-0.2, 0) is 4.79 Å². The molecule has 0 aromatic heterocycles. The van der Waals surface area contributed by atoms with Crippen molar-refractivity contribution in [1.82, 2.24) is 4.90 Å². The molecule has 5 nitrogen and oxygen atoms in total. The van der Waals surface area contributed by atoms with E-state index in [1.807, 2.05) is 0 Å². The van der Waals surface area contributed by atoms with Gasteiger partial charge in [-0.05, 0) is 0 Å². The third-order valence-corrected chi connectivity index (χ3v) is 1.41. The number of nitrogens with zero attached hydrogens (tertiary/aromatic N) is 2. The predicted molar refractivity (Wildman–Crippen MR) is 35.7 cm³/mol. The monoisotopic (exact) mass is 143 g/mol. The van der Waals surface area contributed by atoms with Gasteiger partial charge in [0.05, 0.1) is 6.54 Å². The quantitative estimate of drug-likeness (QED) is 0.478. The molecule has 0 spiro atoms. The van der Waals surface area contributed by atoms with Crippen LogP contribution in [0.5, 0.6) is 0 Å². The van der Waals surface area contributed by atoms with Crippen LogP contribution in [0.1, 0.15) is 0 Å². The third kappa shape index (κ3) is 1.02. The van der Waals surface area contributed by atoms with E-state index in [2.05, 4.69) is 4.99 Å². The van der Waals surface area contributed by atoms with Gasteiger partial charge in [-0.1, -0.05) is 0 Å². The number of guanidine groups is 1. The average Bonchev–Trinajstić information content (AvgIpc) is 2.13. The zero-order valence-electron chi connectivity index (χ0n) is 5.61. The Balaban J connectivity index is 2.65. The Hall–Kier alpha value is -1.26. The van der Waals surface area contributed by atoms with Crippen LogP contribution in [-0.4, -0.2) is 41.6 Å². The number of carbonyl (C=O) groups is 1. The van der Waals surface area contributed by atoms with Crippen LogP contribution in [0.4, 0.5) is 0 Å². The van der Waals surface area contributed by atoms with Crippen molar-refractivity contribution in [3.05, 3.63) is 0 Å². The molecule has 56 valence electrons. The fourth-order valence-electron chi connectivity index (χ4n) is 0.785. The minimum Gasteiger partial charge on any atom is -0.480 e. The van der Waals surface area contributed by atoms with Crippen LogP contribution in [0.25, 0.3) is 0 Å². The Morgan fingerprint density at radius 3 is 2.80 bits per heavy atom. The minimum atomic E-state index is -0.924. The highest BCUT2D eigenvalue weighted by Gasteiger charge is 2.25. The van der Waals surface area contributed by atoms with E-state index in [-0.39, 0.29) is 0 Å². The second kappa shape index (κ2) is 2.17. The molecule has 1 aliphatic heterocycles. The zero-order chi connectivity index (χ0) is 7.72. The highest BCUT2D eigenvalue weighted by molar-refractivity contribution is 5.86. The standard InChI is InChI=1S/C5H9N3O2/c1-8-2-3(4(9)10)7-5(8)6/h3H,2H2,1H3,(H2,6,7)(H,9,10)/t3-/m0/s1. The van der Waals surface area contributed by atoms with Gasteiger partial charge in [0, 0.05) is 7.05 Å². The van der Waals surface area contributed by atoms with Crippen LogP contribution < -0.4 is 5.73 Å². The number of hydrogen-bond donors (Lipinski definition) is 2. The Labute approximate surface area is 58.1 Å². The van der Waals surface area contributed by atoms with Crippen molar-refractivity contribution < 1.29 is 9.90 Å². The fraction of sp³-hybridized carbons (Fsp3) is 0.600. The summed E-state index contributed by atoms with van der Waals surface area (Å²) < 4.78 is 0. The fourth-order valence-corrected chi connectivity index (χ4v) is 0.785. The molecule has 1 atom stereocenters. The van der Waals surface area contributed by atoms with Gasteiger partial charge in [0.1, 0.15) is 0 Å². The maximum Gasteiger partial charge on any atom is 0.330 e. The van der Waals surface area contributed by atoms with Gasteiger partial charge in [-0.3, -0.25) is 0 Å². The van der Waals surface area contributed by atoms with E-state index in [4.69, 9.17) is 10.8 Å². The summed E-state index contributed by atoms with van der Waals surface area (Å²) >= 11 is 0. The lowest BCUT2D eigenvalue weighted by Gasteiger charge is -2.08. The number of hydrogen-bond acceptors (Lipinski definition) is 4. The molecule has 3 N–H and O–H groups in total. The van der Waals surface area contributed by atoms with Crippen molar-refractivity contribution in [2.24, 2.45) is 10.7 Å². The first-order chi connectivity index (χ1) is 4.61. The van der Waals surface area contributed by atoms with Crippen molar-refractivity contribution in [3.63, 3.8) is 0 Å². The van der Waals surface area contributed by atoms with E-state index in [1.165, 1.54) is 0 Å². The van der Waals surface area contributed by atoms with Crippen molar-refractivity contribution in [1.29, 1.82) is 0 Å². The van der Waals surface area contributed by atoms with E-state index in [0.717, 1.165) is 0 Å². The van der Waals surface area contributed by atoms with Crippen LogP contribution in [0.15, 0.2) is 4.99 Å². The summed E-state index contributed by atoms with van der Waals surface area (Å²) in [7, 11) is 1.71. The molecule has 10 heavy (non-hydrogen) atoms. The Morgan fingerprint density at radius 1 is 2.00 bits per heavy atom. The van der Waals surface area contributed by atoms with Gasteiger partial charge in [0.25, 0.3) is 0 Å². The summed E-state index contributed by atoms with van der Waals surface area (Å²) in [6, 6.07) is -0.676. The average molecular weight is 143 g/mol. The third-order valence-electron chi connectivity index (χ3n) is 1.41. The first kappa shape index (κ1) is 6.85. The molecular formula is C5H9N3O2. The first-order valence-electron chi connectivity index (χ1n) is 2.88. The van der Waals surface area contributed by atoms with Crippen molar-refractivity contribution >= 4 is 11.9 Å². The topological polar surface area (TPSA) is 78.9 Å². The van der Waals surface area contributed by atoms with Gasteiger partial charge < -0.3 is 15.7 Å². The molecule has 0 unspecified atom stereocenters. The smallest absolute Gasteiger partial charge is 0.330 e. The minimum absolute atomic E-state index is 0.299. The number of aliphatic carboxylic acids is 1. The lowest BCUT2D eigenvalue weighted by Crippen LogP contribution is -2.31. The number of carboxylic acid groups (broad SMARTS) is 1. The lowest BCUT2D eigenvalue weighted by molar-refractivity contribution is -0.138. The van der Waals surface area contributed by atoms with Gasteiger partial charge in [-0.15, -0.1) is 0 Å². The maximum atomic E-state index is 10.3. The molecule has 0 amide bonds. The molecule has 1 heterocycles. The van der Waals surface area contributed by atoms with Gasteiger partial charge >= 0.3 is 5.97 Å². The molecule has 0 saturated carbocycles. The lowest BCUT2D eigenvalue weighted by atomic mass is 10.3. The maximum absolute atomic E-state index is 10.3. The summed E-state index contributed by atoms with van der Waals surface area (Å²) in [5.41, 5.74) is 5.32. The Bertz CT molecular complexity index is 189. The summed E-state index contributed by atoms with van der Waals surface area (Å²) in [5.74, 6) is -0.625. The van der Waals surface area contributed by atoms with Gasteiger partial charge in [0.2, 0.25) is 0 Å². The van der Waals surface area contributed by atoms with E-state index >= 15 is 0 Å². The van der Waals surface area contributed by atoms with Crippen LogP contribution in [0, 0.1) is 0 Å². The van der Waals surface area contributed by atoms with Crippen molar-refractivity contribution in [3.8, 4) is 0 Å². The molecular weight excluding hydrogens is 134 g/mol. The zero-order valence-corrected chi connectivity index (χ0v) is 5.61. The summed E-state index contributed by atoms with van der Waals surface area (Å²) in [6.07, 6.45) is 0. The predicted octanol–water partition coefficient (Wildman–Crippen LogP) is -1.30. The van der Waals surface area contributed by atoms with Crippen LogP contribution in [0.3, 0.4) is 0 Å². The molecule has 0 radical (unpaired) electrons. The molecule has 1 aliphatic rings. The molecule has 1 rings (SSSR count). The van der Waals surface area contributed by atoms with E-state index in [1.54, 1.807) is 11.9 Å². The Kier molecular flexibility index (Phi) is 1.48. The van der Waals surface area contributed by atoms with Gasteiger partial charge in [-0.25, -0.2) is 9.79 Å². The first-order valence-corrected chi connectivity index (χ1v) is 2.88. The molecule has 0 aromatic carbocycles. The largest absolute Gasteiger partial charge is 0.480 e. The number of aliphatic imine (C=N–C) groups is 1.